The largest absolute Gasteiger partial charge is 0.480 e. The normalized spacial score (nSPS) is 12.3. The summed E-state index contributed by atoms with van der Waals surface area (Å²) in [6.45, 7) is 5.13. The van der Waals surface area contributed by atoms with E-state index in [1.165, 1.54) is 24.3 Å². The Morgan fingerprint density at radius 3 is 2.52 bits per heavy atom. The second kappa shape index (κ2) is 8.97. The molecule has 9 nitrogen and oxygen atoms in total. The zero-order valence-electron chi connectivity index (χ0n) is 14.4. The summed E-state index contributed by atoms with van der Waals surface area (Å²) in [5.41, 5.74) is -0.689. The molecule has 0 fully saturated rings. The molecule has 1 amide bonds. The van der Waals surface area contributed by atoms with Crippen LogP contribution in [-0.2, 0) is 14.3 Å². The Bertz CT molecular complexity index is 625. The van der Waals surface area contributed by atoms with Crippen molar-refractivity contribution in [1.82, 2.24) is 5.32 Å². The maximum Gasteiger partial charge on any atom is 0.326 e. The molecule has 1 rings (SSSR count). The number of para-hydroxylation sites is 2. The maximum absolute atomic E-state index is 11.9. The second-order valence-corrected chi connectivity index (χ2v) is 6.22. The molecule has 0 radical (unpaired) electrons. The lowest BCUT2D eigenvalue weighted by Gasteiger charge is -2.21. The molecule has 9 heteroatoms. The highest BCUT2D eigenvalue weighted by atomic mass is 16.6. The quantitative estimate of drug-likeness (QED) is 0.510. The minimum absolute atomic E-state index is 0.0643. The lowest BCUT2D eigenvalue weighted by Crippen LogP contribution is -2.44. The van der Waals surface area contributed by atoms with Gasteiger partial charge in [-0.1, -0.05) is 12.1 Å². The van der Waals surface area contributed by atoms with Crippen LogP contribution in [0.2, 0.25) is 0 Å². The number of benzene rings is 1. The molecular weight excluding hydrogens is 332 g/mol. The number of aliphatic carboxylic acids is 1. The number of carbonyl (C=O) groups excluding carboxylic acids is 1. The van der Waals surface area contributed by atoms with Gasteiger partial charge in [-0.2, -0.15) is 0 Å². The van der Waals surface area contributed by atoms with E-state index in [-0.39, 0.29) is 24.5 Å². The highest BCUT2D eigenvalue weighted by Crippen LogP contribution is 2.25. The lowest BCUT2D eigenvalue weighted by atomic mass is 10.2. The molecule has 0 saturated carbocycles. The van der Waals surface area contributed by atoms with Gasteiger partial charge in [0.2, 0.25) is 0 Å². The maximum atomic E-state index is 11.9. The molecule has 138 valence electrons. The highest BCUT2D eigenvalue weighted by Gasteiger charge is 2.22. The predicted octanol–water partition coefficient (Wildman–Crippen LogP) is 1.75. The molecule has 0 aromatic heterocycles. The molecule has 2 N–H and O–H groups in total. The van der Waals surface area contributed by atoms with Crippen LogP contribution >= 0.6 is 0 Å². The number of rotatable bonds is 9. The summed E-state index contributed by atoms with van der Waals surface area (Å²) in [7, 11) is 0. The van der Waals surface area contributed by atoms with E-state index < -0.39 is 35.0 Å². The molecule has 0 heterocycles. The number of ether oxygens (including phenoxy) is 2. The number of nitro groups is 1. The van der Waals surface area contributed by atoms with Gasteiger partial charge < -0.3 is 19.9 Å². The van der Waals surface area contributed by atoms with Gasteiger partial charge in [-0.05, 0) is 26.8 Å². The number of carbonyl (C=O) groups is 2. The van der Waals surface area contributed by atoms with E-state index >= 15 is 0 Å². The van der Waals surface area contributed by atoms with Crippen molar-refractivity contribution >= 4 is 17.6 Å². The molecule has 25 heavy (non-hydrogen) atoms. The van der Waals surface area contributed by atoms with Crippen molar-refractivity contribution in [3.8, 4) is 5.75 Å². The molecule has 0 aliphatic carbocycles. The monoisotopic (exact) mass is 354 g/mol. The summed E-state index contributed by atoms with van der Waals surface area (Å²) in [6.07, 6.45) is 0.0871. The summed E-state index contributed by atoms with van der Waals surface area (Å²) in [4.78, 5) is 33.3. The number of nitro benzene ring substituents is 1. The van der Waals surface area contributed by atoms with E-state index in [1.807, 2.05) is 20.8 Å². The van der Waals surface area contributed by atoms with Crippen LogP contribution in [0.5, 0.6) is 5.75 Å². The zero-order chi connectivity index (χ0) is 19.0. The van der Waals surface area contributed by atoms with Crippen molar-refractivity contribution in [3.05, 3.63) is 34.4 Å². The molecule has 1 atom stereocenters. The summed E-state index contributed by atoms with van der Waals surface area (Å²) >= 11 is 0. The van der Waals surface area contributed by atoms with Crippen LogP contribution in [0.1, 0.15) is 27.2 Å². The number of carboxylic acid groups (broad SMARTS) is 1. The van der Waals surface area contributed by atoms with E-state index in [9.17, 15) is 19.7 Å². The van der Waals surface area contributed by atoms with E-state index in [1.54, 1.807) is 0 Å². The number of hydrogen-bond acceptors (Lipinski definition) is 6. The lowest BCUT2D eigenvalue weighted by molar-refractivity contribution is -0.385. The molecule has 1 aromatic carbocycles. The van der Waals surface area contributed by atoms with E-state index in [4.69, 9.17) is 14.6 Å². The molecule has 1 aromatic rings. The second-order valence-electron chi connectivity index (χ2n) is 6.22. The van der Waals surface area contributed by atoms with Crippen molar-refractivity contribution in [2.75, 3.05) is 13.2 Å². The fraction of sp³-hybridized carbons (Fsp3) is 0.500. The van der Waals surface area contributed by atoms with Crippen molar-refractivity contribution < 1.29 is 29.1 Å². The Balaban J connectivity index is 2.56. The van der Waals surface area contributed by atoms with Gasteiger partial charge in [0.1, 0.15) is 6.04 Å². The number of hydrogen-bond donors (Lipinski definition) is 2. The highest BCUT2D eigenvalue weighted by molar-refractivity contribution is 5.84. The Labute approximate surface area is 145 Å². The molecular formula is C16H22N2O7. The Hall–Kier alpha value is -2.68. The Kier molecular flexibility index (Phi) is 7.31. The molecule has 0 aliphatic rings. The number of nitrogens with zero attached hydrogens (tertiary/aromatic N) is 1. The van der Waals surface area contributed by atoms with Crippen LogP contribution in [0, 0.1) is 10.1 Å². The van der Waals surface area contributed by atoms with Gasteiger partial charge in [-0.3, -0.25) is 14.9 Å². The number of nitrogens with one attached hydrogen (secondary N) is 1. The SMILES string of the molecule is CC(C)(C)OCCC(NC(=O)COc1ccccc1[N+](=O)[O-])C(=O)O. The zero-order valence-corrected chi connectivity index (χ0v) is 14.4. The van der Waals surface area contributed by atoms with Gasteiger partial charge in [0, 0.05) is 19.1 Å². The fourth-order valence-corrected chi connectivity index (χ4v) is 1.85. The van der Waals surface area contributed by atoms with E-state index in [2.05, 4.69) is 5.32 Å². The van der Waals surface area contributed by atoms with E-state index in [0.717, 1.165) is 0 Å². The van der Waals surface area contributed by atoms with Crippen LogP contribution in [0.25, 0.3) is 0 Å². The summed E-state index contributed by atoms with van der Waals surface area (Å²) in [5.74, 6) is -1.96. The van der Waals surface area contributed by atoms with Gasteiger partial charge in [-0.15, -0.1) is 0 Å². The minimum Gasteiger partial charge on any atom is -0.480 e. The molecule has 0 bridgehead atoms. The predicted molar refractivity (Wildman–Crippen MR) is 88.5 cm³/mol. The van der Waals surface area contributed by atoms with Gasteiger partial charge >= 0.3 is 11.7 Å². The van der Waals surface area contributed by atoms with E-state index in [0.29, 0.717) is 0 Å². The average Bonchev–Trinajstić information content (AvgIpc) is 2.50. The first kappa shape index (κ1) is 20.4. The molecule has 0 spiro atoms. The van der Waals surface area contributed by atoms with Crippen LogP contribution in [0.4, 0.5) is 5.69 Å². The van der Waals surface area contributed by atoms with Crippen LogP contribution < -0.4 is 10.1 Å². The van der Waals surface area contributed by atoms with Crippen molar-refractivity contribution in [1.29, 1.82) is 0 Å². The smallest absolute Gasteiger partial charge is 0.326 e. The Morgan fingerprint density at radius 1 is 1.32 bits per heavy atom. The summed E-state index contributed by atoms with van der Waals surface area (Å²) < 4.78 is 10.6. The van der Waals surface area contributed by atoms with Gasteiger partial charge in [0.15, 0.2) is 12.4 Å². The van der Waals surface area contributed by atoms with Crippen molar-refractivity contribution in [3.63, 3.8) is 0 Å². The first-order valence-corrected chi connectivity index (χ1v) is 7.62. The third kappa shape index (κ3) is 7.62. The molecule has 0 aliphatic heterocycles. The minimum atomic E-state index is -1.20. The van der Waals surface area contributed by atoms with Crippen molar-refractivity contribution in [2.45, 2.75) is 38.8 Å². The third-order valence-electron chi connectivity index (χ3n) is 3.00. The van der Waals surface area contributed by atoms with Gasteiger partial charge in [0.25, 0.3) is 5.91 Å². The van der Waals surface area contributed by atoms with Crippen LogP contribution in [0.3, 0.4) is 0 Å². The number of amides is 1. The van der Waals surface area contributed by atoms with Crippen molar-refractivity contribution in [2.24, 2.45) is 0 Å². The van der Waals surface area contributed by atoms with Crippen LogP contribution in [0.15, 0.2) is 24.3 Å². The molecule has 1 unspecified atom stereocenters. The third-order valence-corrected chi connectivity index (χ3v) is 3.00. The Morgan fingerprint density at radius 2 is 1.96 bits per heavy atom. The average molecular weight is 354 g/mol. The topological polar surface area (TPSA) is 128 Å². The summed E-state index contributed by atoms with van der Waals surface area (Å²) in [5, 5.41) is 22.3. The fourth-order valence-electron chi connectivity index (χ4n) is 1.85. The van der Waals surface area contributed by atoms with Gasteiger partial charge in [-0.25, -0.2) is 4.79 Å². The standard InChI is InChI=1S/C16H22N2O7/c1-16(2,3)25-9-8-11(15(20)21)17-14(19)10-24-13-7-5-4-6-12(13)18(22)23/h4-7,11H,8-10H2,1-3H3,(H,17,19)(H,20,21). The van der Waals surface area contributed by atoms with Crippen LogP contribution in [-0.4, -0.2) is 46.8 Å². The first-order valence-electron chi connectivity index (χ1n) is 7.62. The summed E-state index contributed by atoms with van der Waals surface area (Å²) in [6, 6.07) is 4.48. The molecule has 0 saturated heterocycles. The number of carboxylic acids is 1. The first-order chi connectivity index (χ1) is 11.6. The van der Waals surface area contributed by atoms with Gasteiger partial charge in [0.05, 0.1) is 10.5 Å².